The molecule has 0 spiro atoms. The molecule has 2 aliphatic rings. The highest BCUT2D eigenvalue weighted by molar-refractivity contribution is 6.42. The average molecular weight is 435 g/mol. The molecule has 29 heavy (non-hydrogen) atoms. The molecule has 1 aromatic carbocycles. The van der Waals surface area contributed by atoms with Crippen molar-refractivity contribution in [1.29, 1.82) is 0 Å². The van der Waals surface area contributed by atoms with Crippen LogP contribution in [0.5, 0.6) is 0 Å². The maximum absolute atomic E-state index is 13.5. The zero-order valence-corrected chi connectivity index (χ0v) is 17.2. The average Bonchev–Trinajstić information content (AvgIpc) is 3.16. The van der Waals surface area contributed by atoms with Crippen LogP contribution in [0.2, 0.25) is 10.0 Å². The van der Waals surface area contributed by atoms with E-state index >= 15 is 0 Å². The number of nitrogens with one attached hydrogen (secondary N) is 1. The number of carbonyl (C=O) groups is 2. The number of aromatic nitrogens is 2. The third kappa shape index (κ3) is 3.60. The molecule has 4 rings (SSSR count). The molecule has 2 aromatic rings. The van der Waals surface area contributed by atoms with E-state index in [9.17, 15) is 14.7 Å². The summed E-state index contributed by atoms with van der Waals surface area (Å²) in [4.78, 5) is 26.6. The topological polar surface area (TPSA) is 87.5 Å². The van der Waals surface area contributed by atoms with Crippen LogP contribution in [-0.2, 0) is 9.59 Å². The molecule has 2 aliphatic heterocycles. The molecule has 0 radical (unpaired) electrons. The number of piperidine rings is 1. The second-order valence-corrected chi connectivity index (χ2v) is 8.14. The predicted octanol–water partition coefficient (Wildman–Crippen LogP) is 3.80. The van der Waals surface area contributed by atoms with Crippen molar-refractivity contribution < 1.29 is 14.7 Å². The fourth-order valence-corrected chi connectivity index (χ4v) is 4.31. The Balaban J connectivity index is 1.76. The van der Waals surface area contributed by atoms with E-state index in [4.69, 9.17) is 23.2 Å². The number of benzene rings is 1. The number of carboxylic acid groups (broad SMARTS) is 1. The van der Waals surface area contributed by atoms with Gasteiger partial charge in [0.25, 0.3) is 5.91 Å². The quantitative estimate of drug-likeness (QED) is 0.766. The van der Waals surface area contributed by atoms with E-state index in [0.717, 1.165) is 11.4 Å². The lowest BCUT2D eigenvalue weighted by molar-refractivity contribution is -0.145. The Hall–Kier alpha value is -2.51. The second kappa shape index (κ2) is 7.72. The Bertz CT molecular complexity index is 1020. The Kier molecular flexibility index (Phi) is 5.27. The fourth-order valence-electron chi connectivity index (χ4n) is 4.01. The van der Waals surface area contributed by atoms with Crippen molar-refractivity contribution in [2.24, 2.45) is 5.92 Å². The monoisotopic (exact) mass is 434 g/mol. The highest BCUT2D eigenvalue weighted by Crippen LogP contribution is 2.38. The van der Waals surface area contributed by atoms with Gasteiger partial charge in [0.2, 0.25) is 0 Å². The summed E-state index contributed by atoms with van der Waals surface area (Å²) < 4.78 is 1.73. The first-order valence-corrected chi connectivity index (χ1v) is 10.1. The first-order valence-electron chi connectivity index (χ1n) is 9.35. The third-order valence-corrected chi connectivity index (χ3v) is 6.19. The smallest absolute Gasteiger partial charge is 0.308 e. The Labute approximate surface area is 177 Å². The van der Waals surface area contributed by atoms with Gasteiger partial charge in [-0.25, -0.2) is 4.68 Å². The summed E-state index contributed by atoms with van der Waals surface area (Å²) >= 11 is 12.3. The molecule has 7 nitrogen and oxygen atoms in total. The second-order valence-electron chi connectivity index (χ2n) is 7.33. The molecule has 0 aliphatic carbocycles. The van der Waals surface area contributed by atoms with E-state index in [-0.39, 0.29) is 12.5 Å². The lowest BCUT2D eigenvalue weighted by Crippen LogP contribution is -2.45. The normalized spacial score (nSPS) is 21.6. The molecule has 1 saturated heterocycles. The van der Waals surface area contributed by atoms with Crippen molar-refractivity contribution in [3.63, 3.8) is 0 Å². The minimum Gasteiger partial charge on any atom is -0.481 e. The van der Waals surface area contributed by atoms with Crippen LogP contribution in [0.3, 0.4) is 0 Å². The van der Waals surface area contributed by atoms with Crippen molar-refractivity contribution in [2.45, 2.75) is 25.8 Å². The number of rotatable bonds is 3. The van der Waals surface area contributed by atoms with Gasteiger partial charge < -0.3 is 15.3 Å². The van der Waals surface area contributed by atoms with Gasteiger partial charge in [0.15, 0.2) is 0 Å². The van der Waals surface area contributed by atoms with Crippen molar-refractivity contribution in [1.82, 2.24) is 14.7 Å². The maximum atomic E-state index is 13.5. The lowest BCUT2D eigenvalue weighted by atomic mass is 9.92. The SMILES string of the molecule is CC1=C(C(=O)N2CCCC(C(=O)O)C2)C(c2ccc(Cl)c(Cl)c2)n2nccc2N1. The van der Waals surface area contributed by atoms with Crippen molar-refractivity contribution in [3.8, 4) is 0 Å². The van der Waals surface area contributed by atoms with Crippen LogP contribution in [0.4, 0.5) is 5.82 Å². The van der Waals surface area contributed by atoms with Crippen LogP contribution in [0.1, 0.15) is 31.4 Å². The lowest BCUT2D eigenvalue weighted by Gasteiger charge is -2.36. The zero-order valence-electron chi connectivity index (χ0n) is 15.7. The number of nitrogens with zero attached hydrogens (tertiary/aromatic N) is 3. The molecular weight excluding hydrogens is 415 g/mol. The van der Waals surface area contributed by atoms with Gasteiger partial charge >= 0.3 is 5.97 Å². The summed E-state index contributed by atoms with van der Waals surface area (Å²) in [7, 11) is 0. The van der Waals surface area contributed by atoms with E-state index in [1.165, 1.54) is 0 Å². The van der Waals surface area contributed by atoms with Gasteiger partial charge in [0.05, 0.1) is 27.7 Å². The highest BCUT2D eigenvalue weighted by Gasteiger charge is 2.37. The summed E-state index contributed by atoms with van der Waals surface area (Å²) in [6, 6.07) is 6.60. The van der Waals surface area contributed by atoms with Gasteiger partial charge in [-0.15, -0.1) is 0 Å². The summed E-state index contributed by atoms with van der Waals surface area (Å²) in [5, 5.41) is 17.8. The fraction of sp³-hybridized carbons (Fsp3) is 0.350. The number of aliphatic carboxylic acids is 1. The van der Waals surface area contributed by atoms with Crippen molar-refractivity contribution in [3.05, 3.63) is 57.3 Å². The first-order chi connectivity index (χ1) is 13.9. The number of hydrogen-bond donors (Lipinski definition) is 2. The van der Waals surface area contributed by atoms with Crippen LogP contribution < -0.4 is 5.32 Å². The minimum absolute atomic E-state index is 0.196. The van der Waals surface area contributed by atoms with Crippen molar-refractivity contribution >= 4 is 40.9 Å². The molecule has 1 amide bonds. The van der Waals surface area contributed by atoms with E-state index in [1.54, 1.807) is 27.9 Å². The maximum Gasteiger partial charge on any atom is 0.308 e. The molecule has 9 heteroatoms. The van der Waals surface area contributed by atoms with Gasteiger partial charge in [0, 0.05) is 24.9 Å². The Morgan fingerprint density at radius 3 is 2.76 bits per heavy atom. The Morgan fingerprint density at radius 1 is 1.24 bits per heavy atom. The van der Waals surface area contributed by atoms with Crippen LogP contribution in [0.15, 0.2) is 41.7 Å². The van der Waals surface area contributed by atoms with Crippen molar-refractivity contribution in [2.75, 3.05) is 18.4 Å². The molecule has 3 heterocycles. The Morgan fingerprint density at radius 2 is 2.03 bits per heavy atom. The van der Waals surface area contributed by atoms with E-state index in [2.05, 4.69) is 10.4 Å². The van der Waals surface area contributed by atoms with Gasteiger partial charge in [0.1, 0.15) is 11.9 Å². The zero-order chi connectivity index (χ0) is 20.7. The molecule has 2 N–H and O–H groups in total. The minimum atomic E-state index is -0.870. The van der Waals surface area contributed by atoms with E-state index in [1.807, 2.05) is 19.1 Å². The number of carboxylic acids is 1. The number of carbonyl (C=O) groups excluding carboxylic acids is 1. The summed E-state index contributed by atoms with van der Waals surface area (Å²) in [5.41, 5.74) is 2.00. The van der Waals surface area contributed by atoms with Gasteiger partial charge in [-0.2, -0.15) is 5.10 Å². The van der Waals surface area contributed by atoms with E-state index in [0.29, 0.717) is 40.7 Å². The van der Waals surface area contributed by atoms with Gasteiger partial charge in [-0.1, -0.05) is 29.3 Å². The number of anilines is 1. The molecule has 2 unspecified atom stereocenters. The van der Waals surface area contributed by atoms with E-state index < -0.39 is 17.9 Å². The van der Waals surface area contributed by atoms with Crippen LogP contribution in [0.25, 0.3) is 0 Å². The number of amides is 1. The molecule has 0 saturated carbocycles. The molecule has 0 bridgehead atoms. The molecule has 2 atom stereocenters. The molecule has 1 aromatic heterocycles. The standard InChI is InChI=1S/C20H20Cl2N4O3/c1-11-17(19(27)25-8-2-3-13(10-25)20(28)29)18(26-16(24-11)6-7-23-26)12-4-5-14(21)15(22)9-12/h4-7,9,13,18,24H,2-3,8,10H2,1H3,(H,28,29). The third-order valence-electron chi connectivity index (χ3n) is 5.46. The predicted molar refractivity (Wildman–Crippen MR) is 110 cm³/mol. The molecular formula is C20H20Cl2N4O3. The number of halogens is 2. The number of allylic oxidation sites excluding steroid dienone is 1. The summed E-state index contributed by atoms with van der Waals surface area (Å²) in [5.74, 6) is -0.852. The summed E-state index contributed by atoms with van der Waals surface area (Å²) in [6.45, 7) is 2.57. The molecule has 152 valence electrons. The first kappa shape index (κ1) is 19.8. The largest absolute Gasteiger partial charge is 0.481 e. The van der Waals surface area contributed by atoms with Crippen LogP contribution >= 0.6 is 23.2 Å². The number of hydrogen-bond acceptors (Lipinski definition) is 4. The molecule has 1 fully saturated rings. The number of likely N-dealkylation sites (tertiary alicyclic amines) is 1. The van der Waals surface area contributed by atoms with Crippen LogP contribution in [0, 0.1) is 5.92 Å². The van der Waals surface area contributed by atoms with Crippen LogP contribution in [-0.4, -0.2) is 44.8 Å². The summed E-state index contributed by atoms with van der Waals surface area (Å²) in [6.07, 6.45) is 2.90. The van der Waals surface area contributed by atoms with Gasteiger partial charge in [-0.3, -0.25) is 9.59 Å². The highest BCUT2D eigenvalue weighted by atomic mass is 35.5. The number of fused-ring (bicyclic) bond motifs is 1. The van der Waals surface area contributed by atoms with Gasteiger partial charge in [-0.05, 0) is 37.5 Å².